The van der Waals surface area contributed by atoms with Crippen molar-refractivity contribution in [1.82, 2.24) is 4.72 Å². The second-order valence-electron chi connectivity index (χ2n) is 5.64. The fourth-order valence-corrected chi connectivity index (χ4v) is 3.41. The van der Waals surface area contributed by atoms with Crippen LogP contribution in [0.25, 0.3) is 0 Å². The summed E-state index contributed by atoms with van der Waals surface area (Å²) in [6, 6.07) is 12.6. The average molecular weight is 362 g/mol. The Kier molecular flexibility index (Phi) is 6.17. The quantitative estimate of drug-likeness (QED) is 0.793. The minimum absolute atomic E-state index is 0.133. The first-order valence-electron chi connectivity index (χ1n) is 7.93. The van der Waals surface area contributed by atoms with E-state index in [0.29, 0.717) is 23.4 Å². The molecule has 0 aliphatic carbocycles. The van der Waals surface area contributed by atoms with Gasteiger partial charge in [-0.1, -0.05) is 6.92 Å². The number of ether oxygens (including phenoxy) is 1. The molecule has 2 aromatic carbocycles. The van der Waals surface area contributed by atoms with Crippen molar-refractivity contribution in [2.45, 2.75) is 31.2 Å². The van der Waals surface area contributed by atoms with Gasteiger partial charge in [-0.15, -0.1) is 0 Å². The monoisotopic (exact) mass is 362 g/mol. The number of anilines is 1. The lowest BCUT2D eigenvalue weighted by atomic mass is 10.2. The van der Waals surface area contributed by atoms with Crippen LogP contribution in [0, 0.1) is 0 Å². The first kappa shape index (κ1) is 19.0. The molecule has 0 fully saturated rings. The zero-order chi connectivity index (χ0) is 18.4. The summed E-state index contributed by atoms with van der Waals surface area (Å²) in [4.78, 5) is 12.4. The third kappa shape index (κ3) is 5.04. The Labute approximate surface area is 148 Å². The number of carbonyl (C=O) groups is 1. The summed E-state index contributed by atoms with van der Waals surface area (Å²) in [7, 11) is -2.01. The lowest BCUT2D eigenvalue weighted by molar-refractivity contribution is 0.102. The normalized spacial score (nSPS) is 12.4. The van der Waals surface area contributed by atoms with Crippen LogP contribution in [0.3, 0.4) is 0 Å². The van der Waals surface area contributed by atoms with E-state index in [0.717, 1.165) is 0 Å². The van der Waals surface area contributed by atoms with Crippen LogP contribution in [0.1, 0.15) is 30.6 Å². The van der Waals surface area contributed by atoms with Crippen LogP contribution in [0.2, 0.25) is 0 Å². The van der Waals surface area contributed by atoms with Gasteiger partial charge in [-0.3, -0.25) is 4.79 Å². The van der Waals surface area contributed by atoms with Gasteiger partial charge in [-0.05, 0) is 61.9 Å². The van der Waals surface area contributed by atoms with Crippen molar-refractivity contribution in [3.63, 3.8) is 0 Å². The Morgan fingerprint density at radius 1 is 1.08 bits per heavy atom. The van der Waals surface area contributed by atoms with Gasteiger partial charge < -0.3 is 10.1 Å². The minimum atomic E-state index is -3.58. The second kappa shape index (κ2) is 8.13. The number of amides is 1. The maximum Gasteiger partial charge on any atom is 0.255 e. The minimum Gasteiger partial charge on any atom is -0.497 e. The van der Waals surface area contributed by atoms with Crippen LogP contribution in [0.5, 0.6) is 5.75 Å². The average Bonchev–Trinajstić information content (AvgIpc) is 2.62. The van der Waals surface area contributed by atoms with Crippen molar-refractivity contribution in [3.05, 3.63) is 54.1 Å². The molecule has 0 aromatic heterocycles. The molecule has 0 spiro atoms. The van der Waals surface area contributed by atoms with Crippen LogP contribution in [-0.2, 0) is 10.0 Å². The van der Waals surface area contributed by atoms with E-state index in [1.54, 1.807) is 38.3 Å². The van der Waals surface area contributed by atoms with Gasteiger partial charge in [0, 0.05) is 17.3 Å². The van der Waals surface area contributed by atoms with Crippen LogP contribution >= 0.6 is 0 Å². The molecule has 0 heterocycles. The van der Waals surface area contributed by atoms with E-state index in [1.165, 1.54) is 24.3 Å². The van der Waals surface area contributed by atoms with E-state index in [9.17, 15) is 13.2 Å². The van der Waals surface area contributed by atoms with E-state index in [4.69, 9.17) is 4.74 Å². The van der Waals surface area contributed by atoms with Crippen LogP contribution in [-0.4, -0.2) is 27.5 Å². The highest BCUT2D eigenvalue weighted by Crippen LogP contribution is 2.17. The third-order valence-electron chi connectivity index (χ3n) is 3.74. The molecule has 0 unspecified atom stereocenters. The molecule has 25 heavy (non-hydrogen) atoms. The fourth-order valence-electron chi connectivity index (χ4n) is 2.08. The molecule has 2 N–H and O–H groups in total. The van der Waals surface area contributed by atoms with E-state index in [-0.39, 0.29) is 16.8 Å². The molecule has 2 rings (SSSR count). The van der Waals surface area contributed by atoms with Crippen LogP contribution < -0.4 is 14.8 Å². The van der Waals surface area contributed by atoms with Crippen molar-refractivity contribution in [2.75, 3.05) is 12.4 Å². The molecular formula is C18H22N2O4S. The Morgan fingerprint density at radius 2 is 1.68 bits per heavy atom. The van der Waals surface area contributed by atoms with Crippen LogP contribution in [0.4, 0.5) is 5.69 Å². The fraction of sp³-hybridized carbons (Fsp3) is 0.278. The number of sulfonamides is 1. The number of nitrogens with one attached hydrogen (secondary N) is 2. The van der Waals surface area contributed by atoms with Gasteiger partial charge in [0.25, 0.3) is 5.91 Å². The number of hydrogen-bond acceptors (Lipinski definition) is 4. The van der Waals surface area contributed by atoms with Crippen molar-refractivity contribution < 1.29 is 17.9 Å². The Hall–Kier alpha value is -2.38. The van der Waals surface area contributed by atoms with Crippen molar-refractivity contribution in [3.8, 4) is 5.75 Å². The summed E-state index contributed by atoms with van der Waals surface area (Å²) in [5.74, 6) is 0.380. The Balaban J connectivity index is 2.09. The molecule has 0 saturated heterocycles. The lowest BCUT2D eigenvalue weighted by Gasteiger charge is -2.12. The van der Waals surface area contributed by atoms with E-state index in [2.05, 4.69) is 10.0 Å². The molecule has 6 nitrogen and oxygen atoms in total. The molecule has 2 aromatic rings. The predicted octanol–water partition coefficient (Wildman–Crippen LogP) is 3.02. The molecule has 0 radical (unpaired) electrons. The molecule has 0 saturated carbocycles. The third-order valence-corrected chi connectivity index (χ3v) is 5.35. The molecular weight excluding hydrogens is 340 g/mol. The number of benzene rings is 2. The highest BCUT2D eigenvalue weighted by molar-refractivity contribution is 7.89. The number of methoxy groups -OCH3 is 1. The first-order chi connectivity index (χ1) is 11.9. The smallest absolute Gasteiger partial charge is 0.255 e. The maximum atomic E-state index is 12.2. The van der Waals surface area contributed by atoms with E-state index < -0.39 is 10.0 Å². The van der Waals surface area contributed by atoms with Gasteiger partial charge in [-0.25, -0.2) is 13.1 Å². The molecule has 134 valence electrons. The van der Waals surface area contributed by atoms with Crippen molar-refractivity contribution in [1.29, 1.82) is 0 Å². The molecule has 0 aliphatic heterocycles. The first-order valence-corrected chi connectivity index (χ1v) is 9.42. The maximum absolute atomic E-state index is 12.2. The SMILES string of the molecule is CC[C@H](C)NS(=O)(=O)c1ccc(C(=O)Nc2ccc(OC)cc2)cc1. The van der Waals surface area contributed by atoms with Crippen molar-refractivity contribution >= 4 is 21.6 Å². The van der Waals surface area contributed by atoms with Gasteiger partial charge in [0.2, 0.25) is 10.0 Å². The summed E-state index contributed by atoms with van der Waals surface area (Å²) in [6.07, 6.45) is 0.696. The largest absolute Gasteiger partial charge is 0.497 e. The zero-order valence-corrected chi connectivity index (χ0v) is 15.3. The number of hydrogen-bond donors (Lipinski definition) is 2. The van der Waals surface area contributed by atoms with E-state index in [1.807, 2.05) is 6.92 Å². The van der Waals surface area contributed by atoms with Gasteiger partial charge in [0.15, 0.2) is 0 Å². The predicted molar refractivity (Wildman–Crippen MR) is 97.5 cm³/mol. The second-order valence-corrected chi connectivity index (χ2v) is 7.35. The van der Waals surface area contributed by atoms with Gasteiger partial charge >= 0.3 is 0 Å². The summed E-state index contributed by atoms with van der Waals surface area (Å²) in [5, 5.41) is 2.75. The Morgan fingerprint density at radius 3 is 2.20 bits per heavy atom. The van der Waals surface area contributed by atoms with Gasteiger partial charge in [0.05, 0.1) is 12.0 Å². The van der Waals surface area contributed by atoms with Crippen LogP contribution in [0.15, 0.2) is 53.4 Å². The standard InChI is InChI=1S/C18H22N2O4S/c1-4-13(2)20-25(22,23)17-11-5-14(6-12-17)18(21)19-15-7-9-16(24-3)10-8-15/h5-13,20H,4H2,1-3H3,(H,19,21)/t13-/m0/s1. The molecule has 0 bridgehead atoms. The zero-order valence-electron chi connectivity index (χ0n) is 14.4. The van der Waals surface area contributed by atoms with E-state index >= 15 is 0 Å². The Bertz CT molecular complexity index is 815. The van der Waals surface area contributed by atoms with Gasteiger partial charge in [0.1, 0.15) is 5.75 Å². The highest BCUT2D eigenvalue weighted by Gasteiger charge is 2.17. The van der Waals surface area contributed by atoms with Gasteiger partial charge in [-0.2, -0.15) is 0 Å². The molecule has 1 amide bonds. The number of rotatable bonds is 7. The molecule has 1 atom stereocenters. The molecule has 0 aliphatic rings. The molecule has 7 heteroatoms. The lowest BCUT2D eigenvalue weighted by Crippen LogP contribution is -2.32. The highest BCUT2D eigenvalue weighted by atomic mass is 32.2. The summed E-state index contributed by atoms with van der Waals surface area (Å²) in [6.45, 7) is 3.70. The summed E-state index contributed by atoms with van der Waals surface area (Å²) >= 11 is 0. The summed E-state index contributed by atoms with van der Waals surface area (Å²) in [5.41, 5.74) is 0.999. The topological polar surface area (TPSA) is 84.5 Å². The number of carbonyl (C=O) groups excluding carboxylic acids is 1. The summed E-state index contributed by atoms with van der Waals surface area (Å²) < 4.78 is 32.1. The van der Waals surface area contributed by atoms with Crippen molar-refractivity contribution in [2.24, 2.45) is 0 Å².